The second-order valence-corrected chi connectivity index (χ2v) is 5.36. The van der Waals surface area contributed by atoms with E-state index in [9.17, 15) is 18.0 Å². The molecule has 1 atom stereocenters. The maximum Gasteiger partial charge on any atom is 0.401 e. The third-order valence-electron chi connectivity index (χ3n) is 3.80. The minimum absolute atomic E-state index is 0.188. The largest absolute Gasteiger partial charge is 0.478 e. The lowest BCUT2D eigenvalue weighted by Gasteiger charge is -2.37. The Labute approximate surface area is 121 Å². The minimum Gasteiger partial charge on any atom is -0.478 e. The van der Waals surface area contributed by atoms with Crippen LogP contribution in [0.4, 0.5) is 13.2 Å². The van der Waals surface area contributed by atoms with E-state index < -0.39 is 18.7 Å². The zero-order chi connectivity index (χ0) is 15.6. The molecule has 0 saturated heterocycles. The Morgan fingerprint density at radius 1 is 1.43 bits per heavy atom. The van der Waals surface area contributed by atoms with Crippen LogP contribution in [0.5, 0.6) is 0 Å². The molecular formula is C15H18F3NO2. The fraction of sp³-hybridized carbons (Fsp3) is 0.533. The smallest absolute Gasteiger partial charge is 0.401 e. The van der Waals surface area contributed by atoms with Gasteiger partial charge in [-0.25, -0.2) is 4.79 Å². The molecule has 1 unspecified atom stereocenters. The minimum atomic E-state index is -4.22. The molecule has 1 heterocycles. The molecule has 0 saturated carbocycles. The number of hydrogen-bond donors (Lipinski definition) is 1. The summed E-state index contributed by atoms with van der Waals surface area (Å²) in [5, 5.41) is 9.00. The van der Waals surface area contributed by atoms with Crippen molar-refractivity contribution in [2.24, 2.45) is 0 Å². The summed E-state index contributed by atoms with van der Waals surface area (Å²) >= 11 is 0. The molecule has 3 nitrogen and oxygen atoms in total. The highest BCUT2D eigenvalue weighted by molar-refractivity contribution is 5.88. The van der Waals surface area contributed by atoms with Crippen molar-refractivity contribution < 1.29 is 23.1 Å². The summed E-state index contributed by atoms with van der Waals surface area (Å²) in [5.41, 5.74) is 1.87. The number of aromatic carboxylic acids is 1. The molecule has 6 heteroatoms. The average molecular weight is 301 g/mol. The first-order valence-corrected chi connectivity index (χ1v) is 6.98. The van der Waals surface area contributed by atoms with Gasteiger partial charge in [0.15, 0.2) is 0 Å². The molecule has 1 aromatic rings. The predicted molar refractivity (Wildman–Crippen MR) is 72.4 cm³/mol. The van der Waals surface area contributed by atoms with E-state index in [0.29, 0.717) is 19.4 Å². The van der Waals surface area contributed by atoms with Crippen molar-refractivity contribution in [3.8, 4) is 0 Å². The average Bonchev–Trinajstić information content (AvgIpc) is 2.39. The van der Waals surface area contributed by atoms with Crippen LogP contribution in [0.3, 0.4) is 0 Å². The summed E-state index contributed by atoms with van der Waals surface area (Å²) in [6.45, 7) is 1.32. The molecule has 0 aromatic heterocycles. The molecule has 1 aliphatic heterocycles. The lowest BCUT2D eigenvalue weighted by atomic mass is 9.88. The number of alkyl halides is 3. The highest BCUT2D eigenvalue weighted by Gasteiger charge is 2.36. The van der Waals surface area contributed by atoms with E-state index in [1.54, 1.807) is 12.1 Å². The van der Waals surface area contributed by atoms with Gasteiger partial charge in [-0.15, -0.1) is 0 Å². The standard InChI is InChI=1S/C15H18F3NO2/c1-2-3-13-12-5-4-11(14(20)21)8-10(12)6-7-19(13)9-15(16,17)18/h4-5,8,13H,2-3,6-7,9H2,1H3,(H,20,21). The Bertz CT molecular complexity index is 528. The lowest BCUT2D eigenvalue weighted by Crippen LogP contribution is -2.41. The Kier molecular flexibility index (Phi) is 4.56. The van der Waals surface area contributed by atoms with Gasteiger partial charge in [0.05, 0.1) is 12.1 Å². The number of nitrogens with zero attached hydrogens (tertiary/aromatic N) is 1. The fourth-order valence-electron chi connectivity index (χ4n) is 2.93. The molecule has 1 N–H and O–H groups in total. The van der Waals surface area contributed by atoms with Gasteiger partial charge in [-0.1, -0.05) is 19.4 Å². The lowest BCUT2D eigenvalue weighted by molar-refractivity contribution is -0.152. The molecule has 21 heavy (non-hydrogen) atoms. The van der Waals surface area contributed by atoms with Gasteiger partial charge in [0.25, 0.3) is 0 Å². The molecule has 0 bridgehead atoms. The number of carbonyl (C=O) groups is 1. The van der Waals surface area contributed by atoms with Gasteiger partial charge >= 0.3 is 12.1 Å². The first-order chi connectivity index (χ1) is 9.81. The van der Waals surface area contributed by atoms with Crippen molar-refractivity contribution in [2.75, 3.05) is 13.1 Å². The molecule has 0 amide bonds. The van der Waals surface area contributed by atoms with Crippen molar-refractivity contribution in [2.45, 2.75) is 38.4 Å². The van der Waals surface area contributed by atoms with Crippen molar-refractivity contribution in [3.63, 3.8) is 0 Å². The predicted octanol–water partition coefficient (Wildman–Crippen LogP) is 3.65. The first-order valence-electron chi connectivity index (χ1n) is 6.98. The summed E-state index contributed by atoms with van der Waals surface area (Å²) in [7, 11) is 0. The van der Waals surface area contributed by atoms with E-state index in [1.165, 1.54) is 11.0 Å². The number of carboxylic acids is 1. The van der Waals surface area contributed by atoms with E-state index in [1.807, 2.05) is 6.92 Å². The molecular weight excluding hydrogens is 283 g/mol. The molecule has 0 radical (unpaired) electrons. The zero-order valence-corrected chi connectivity index (χ0v) is 11.8. The second kappa shape index (κ2) is 6.05. The van der Waals surface area contributed by atoms with Crippen molar-refractivity contribution in [1.82, 2.24) is 4.90 Å². The maximum atomic E-state index is 12.7. The topological polar surface area (TPSA) is 40.5 Å². The molecule has 0 aliphatic carbocycles. The summed E-state index contributed by atoms with van der Waals surface area (Å²) in [5.74, 6) is -1.01. The van der Waals surface area contributed by atoms with Gasteiger partial charge in [-0.3, -0.25) is 4.90 Å². The van der Waals surface area contributed by atoms with Crippen LogP contribution >= 0.6 is 0 Å². The number of rotatable bonds is 4. The van der Waals surface area contributed by atoms with E-state index in [-0.39, 0.29) is 11.6 Å². The van der Waals surface area contributed by atoms with Crippen LogP contribution in [-0.4, -0.2) is 35.2 Å². The third-order valence-corrected chi connectivity index (χ3v) is 3.80. The highest BCUT2D eigenvalue weighted by atomic mass is 19.4. The molecule has 2 rings (SSSR count). The Morgan fingerprint density at radius 2 is 2.14 bits per heavy atom. The molecule has 1 aliphatic rings. The van der Waals surface area contributed by atoms with Crippen molar-refractivity contribution in [1.29, 1.82) is 0 Å². The molecule has 1 aromatic carbocycles. The molecule has 116 valence electrons. The quantitative estimate of drug-likeness (QED) is 0.923. The Balaban J connectivity index is 2.31. The monoisotopic (exact) mass is 301 g/mol. The van der Waals surface area contributed by atoms with Crippen LogP contribution in [0, 0.1) is 0 Å². The van der Waals surface area contributed by atoms with E-state index >= 15 is 0 Å². The van der Waals surface area contributed by atoms with Gasteiger partial charge in [0.2, 0.25) is 0 Å². The summed E-state index contributed by atoms with van der Waals surface area (Å²) in [6, 6.07) is 4.44. The molecule has 0 fully saturated rings. The summed E-state index contributed by atoms with van der Waals surface area (Å²) in [6.07, 6.45) is -2.36. The van der Waals surface area contributed by atoms with E-state index in [4.69, 9.17) is 5.11 Å². The normalized spacial score (nSPS) is 19.3. The van der Waals surface area contributed by atoms with Crippen molar-refractivity contribution in [3.05, 3.63) is 34.9 Å². The fourth-order valence-corrected chi connectivity index (χ4v) is 2.93. The van der Waals surface area contributed by atoms with Crippen LogP contribution in [-0.2, 0) is 6.42 Å². The number of fused-ring (bicyclic) bond motifs is 1. The van der Waals surface area contributed by atoms with E-state index in [0.717, 1.165) is 17.5 Å². The van der Waals surface area contributed by atoms with Crippen LogP contribution in [0.2, 0.25) is 0 Å². The summed E-state index contributed by atoms with van der Waals surface area (Å²) in [4.78, 5) is 12.4. The Hall–Kier alpha value is -1.56. The third kappa shape index (κ3) is 3.75. The van der Waals surface area contributed by atoms with Gasteiger partial charge < -0.3 is 5.11 Å². The van der Waals surface area contributed by atoms with Gasteiger partial charge in [-0.2, -0.15) is 13.2 Å². The van der Waals surface area contributed by atoms with Gasteiger partial charge in [-0.05, 0) is 36.1 Å². The van der Waals surface area contributed by atoms with Crippen LogP contribution < -0.4 is 0 Å². The first kappa shape index (κ1) is 15.8. The van der Waals surface area contributed by atoms with Crippen LogP contribution in [0.1, 0.15) is 47.3 Å². The van der Waals surface area contributed by atoms with Crippen LogP contribution in [0.15, 0.2) is 18.2 Å². The number of benzene rings is 1. The number of halogens is 3. The number of carboxylic acid groups (broad SMARTS) is 1. The second-order valence-electron chi connectivity index (χ2n) is 5.36. The Morgan fingerprint density at radius 3 is 2.71 bits per heavy atom. The van der Waals surface area contributed by atoms with Crippen molar-refractivity contribution >= 4 is 5.97 Å². The number of hydrogen-bond acceptors (Lipinski definition) is 2. The zero-order valence-electron chi connectivity index (χ0n) is 11.8. The summed E-state index contributed by atoms with van der Waals surface area (Å²) < 4.78 is 38.0. The molecule has 0 spiro atoms. The van der Waals surface area contributed by atoms with Crippen LogP contribution in [0.25, 0.3) is 0 Å². The highest BCUT2D eigenvalue weighted by Crippen LogP contribution is 2.35. The van der Waals surface area contributed by atoms with E-state index in [2.05, 4.69) is 0 Å². The maximum absolute atomic E-state index is 12.7. The van der Waals surface area contributed by atoms with Gasteiger partial charge in [0.1, 0.15) is 0 Å². The van der Waals surface area contributed by atoms with Gasteiger partial charge in [0, 0.05) is 12.6 Å². The SMILES string of the molecule is CCCC1c2ccc(C(=O)O)cc2CCN1CC(F)(F)F.